The smallest absolute Gasteiger partial charge is 0.0762 e. The third-order valence-electron chi connectivity index (χ3n) is 7.71. The van der Waals surface area contributed by atoms with Crippen molar-refractivity contribution in [3.63, 3.8) is 0 Å². The number of hydrogen-bond donors (Lipinski definition) is 1. The Bertz CT molecular complexity index is 998. The molecule has 0 aliphatic rings. The van der Waals surface area contributed by atoms with Crippen LogP contribution in [-0.2, 0) is 10.8 Å². The van der Waals surface area contributed by atoms with Crippen LogP contribution in [0.25, 0.3) is 0 Å². The maximum atomic E-state index is 10.0. The SMILES string of the molecule is CC(O)c1cccc(C(C)(C)C(C)c2cccc(C(C)(C)C(C)c3ccccc3)c2)c1. The first kappa shape index (κ1) is 23.3. The molecular weight excluding hydrogens is 376 g/mol. The molecule has 3 atom stereocenters. The number of hydrogen-bond acceptors (Lipinski definition) is 1. The van der Waals surface area contributed by atoms with Crippen LogP contribution in [0.1, 0.15) is 94.2 Å². The normalized spacial score (nSPS) is 15.4. The van der Waals surface area contributed by atoms with Crippen LogP contribution < -0.4 is 0 Å². The Hall–Kier alpha value is -2.38. The number of aliphatic hydroxyl groups excluding tert-OH is 1. The zero-order chi connectivity index (χ0) is 22.8. The molecule has 3 aromatic rings. The Morgan fingerprint density at radius 2 is 0.968 bits per heavy atom. The second kappa shape index (κ2) is 9.01. The molecule has 3 rings (SSSR count). The lowest BCUT2D eigenvalue weighted by atomic mass is 9.68. The number of rotatable bonds is 7. The summed E-state index contributed by atoms with van der Waals surface area (Å²) in [7, 11) is 0. The number of aliphatic hydroxyl groups is 1. The average molecular weight is 415 g/mol. The van der Waals surface area contributed by atoms with Crippen LogP contribution in [0.4, 0.5) is 0 Å². The summed E-state index contributed by atoms with van der Waals surface area (Å²) >= 11 is 0. The van der Waals surface area contributed by atoms with Crippen molar-refractivity contribution in [3.8, 4) is 0 Å². The standard InChI is InChI=1S/C30H38O/c1-21(24-13-9-8-10-14-24)29(4,5)27-17-11-15-25(19-27)22(2)30(6,7)28-18-12-16-26(20-28)23(3)31/h8-23,31H,1-7H3. The van der Waals surface area contributed by atoms with E-state index in [-0.39, 0.29) is 10.8 Å². The fourth-order valence-corrected chi connectivity index (χ4v) is 4.48. The van der Waals surface area contributed by atoms with Crippen LogP contribution in [0, 0.1) is 0 Å². The Kier molecular flexibility index (Phi) is 6.76. The highest BCUT2D eigenvalue weighted by molar-refractivity contribution is 5.39. The molecule has 0 fully saturated rings. The van der Waals surface area contributed by atoms with E-state index in [1.807, 2.05) is 13.0 Å². The van der Waals surface area contributed by atoms with Crippen molar-refractivity contribution >= 4 is 0 Å². The van der Waals surface area contributed by atoms with Gasteiger partial charge >= 0.3 is 0 Å². The van der Waals surface area contributed by atoms with Gasteiger partial charge in [-0.3, -0.25) is 0 Å². The van der Waals surface area contributed by atoms with Crippen molar-refractivity contribution in [2.45, 2.75) is 77.2 Å². The largest absolute Gasteiger partial charge is 0.389 e. The summed E-state index contributed by atoms with van der Waals surface area (Å²) in [4.78, 5) is 0. The van der Waals surface area contributed by atoms with Gasteiger partial charge in [0.1, 0.15) is 0 Å². The molecule has 0 saturated heterocycles. The molecule has 0 amide bonds. The van der Waals surface area contributed by atoms with E-state index >= 15 is 0 Å². The minimum atomic E-state index is -0.449. The Balaban J connectivity index is 1.94. The maximum absolute atomic E-state index is 10.0. The molecule has 0 saturated carbocycles. The van der Waals surface area contributed by atoms with Gasteiger partial charge in [-0.05, 0) is 57.4 Å². The summed E-state index contributed by atoms with van der Waals surface area (Å²) in [5, 5.41) is 10.0. The van der Waals surface area contributed by atoms with E-state index in [2.05, 4.69) is 114 Å². The Labute approximate surface area is 189 Å². The highest BCUT2D eigenvalue weighted by Gasteiger charge is 2.32. The summed E-state index contributed by atoms with van der Waals surface area (Å²) in [6.45, 7) is 15.8. The van der Waals surface area contributed by atoms with Gasteiger partial charge in [0, 0.05) is 0 Å². The molecule has 1 heteroatoms. The van der Waals surface area contributed by atoms with E-state index in [0.29, 0.717) is 11.8 Å². The summed E-state index contributed by atoms with van der Waals surface area (Å²) in [5.74, 6) is 0.745. The van der Waals surface area contributed by atoms with Gasteiger partial charge in [-0.1, -0.05) is 120 Å². The monoisotopic (exact) mass is 414 g/mol. The lowest BCUT2D eigenvalue weighted by Gasteiger charge is -2.36. The van der Waals surface area contributed by atoms with Crippen molar-refractivity contribution in [1.82, 2.24) is 0 Å². The highest BCUT2D eigenvalue weighted by atomic mass is 16.3. The quantitative estimate of drug-likeness (QED) is 0.416. The Morgan fingerprint density at radius 3 is 1.48 bits per heavy atom. The Morgan fingerprint density at radius 1 is 0.548 bits per heavy atom. The van der Waals surface area contributed by atoms with Gasteiger partial charge in [0.15, 0.2) is 0 Å². The molecule has 164 valence electrons. The number of benzene rings is 3. The molecule has 0 aromatic heterocycles. The van der Waals surface area contributed by atoms with E-state index in [9.17, 15) is 5.11 Å². The minimum Gasteiger partial charge on any atom is -0.389 e. The van der Waals surface area contributed by atoms with Crippen LogP contribution in [0.5, 0.6) is 0 Å². The summed E-state index contributed by atoms with van der Waals surface area (Å²) in [6.07, 6.45) is -0.449. The third-order valence-corrected chi connectivity index (χ3v) is 7.71. The van der Waals surface area contributed by atoms with Crippen LogP contribution >= 0.6 is 0 Å². The predicted octanol–water partition coefficient (Wildman–Crippen LogP) is 7.90. The molecule has 0 bridgehead atoms. The van der Waals surface area contributed by atoms with E-state index in [4.69, 9.17) is 0 Å². The van der Waals surface area contributed by atoms with E-state index in [1.165, 1.54) is 22.3 Å². The molecule has 3 aromatic carbocycles. The van der Waals surface area contributed by atoms with E-state index < -0.39 is 6.10 Å². The summed E-state index contributed by atoms with van der Waals surface area (Å²) < 4.78 is 0. The first-order valence-electron chi connectivity index (χ1n) is 11.5. The summed E-state index contributed by atoms with van der Waals surface area (Å²) in [6, 6.07) is 28.4. The third kappa shape index (κ3) is 4.77. The minimum absolute atomic E-state index is 0.0213. The first-order chi connectivity index (χ1) is 14.5. The van der Waals surface area contributed by atoms with Gasteiger partial charge in [-0.15, -0.1) is 0 Å². The van der Waals surface area contributed by atoms with Crippen molar-refractivity contribution in [2.75, 3.05) is 0 Å². The van der Waals surface area contributed by atoms with Gasteiger partial charge in [-0.25, -0.2) is 0 Å². The van der Waals surface area contributed by atoms with Crippen LogP contribution in [-0.4, -0.2) is 5.11 Å². The van der Waals surface area contributed by atoms with Crippen molar-refractivity contribution in [1.29, 1.82) is 0 Å². The van der Waals surface area contributed by atoms with Gasteiger partial charge in [-0.2, -0.15) is 0 Å². The fraction of sp³-hybridized carbons (Fsp3) is 0.400. The van der Waals surface area contributed by atoms with Gasteiger partial charge < -0.3 is 5.11 Å². The second-order valence-corrected chi connectivity index (χ2v) is 10.2. The molecule has 0 aliphatic heterocycles. The van der Waals surface area contributed by atoms with Crippen molar-refractivity contribution < 1.29 is 5.11 Å². The molecule has 0 radical (unpaired) electrons. The van der Waals surface area contributed by atoms with Gasteiger partial charge in [0.2, 0.25) is 0 Å². The van der Waals surface area contributed by atoms with Crippen molar-refractivity contribution in [3.05, 3.63) is 107 Å². The van der Waals surface area contributed by atoms with E-state index in [0.717, 1.165) is 5.56 Å². The molecule has 31 heavy (non-hydrogen) atoms. The zero-order valence-electron chi connectivity index (χ0n) is 20.2. The molecule has 0 aliphatic carbocycles. The second-order valence-electron chi connectivity index (χ2n) is 10.2. The average Bonchev–Trinajstić information content (AvgIpc) is 2.78. The highest BCUT2D eigenvalue weighted by Crippen LogP contribution is 2.42. The lowest BCUT2D eigenvalue weighted by molar-refractivity contribution is 0.199. The predicted molar refractivity (Wildman–Crippen MR) is 133 cm³/mol. The molecule has 1 nitrogen and oxygen atoms in total. The van der Waals surface area contributed by atoms with Crippen LogP contribution in [0.15, 0.2) is 78.9 Å². The van der Waals surface area contributed by atoms with Crippen LogP contribution in [0.2, 0.25) is 0 Å². The molecule has 0 heterocycles. The molecular formula is C30H38O. The van der Waals surface area contributed by atoms with Crippen molar-refractivity contribution in [2.24, 2.45) is 0 Å². The molecule has 3 unspecified atom stereocenters. The molecule has 0 spiro atoms. The summed E-state index contributed by atoms with van der Waals surface area (Å²) in [5.41, 5.74) is 6.32. The first-order valence-corrected chi connectivity index (χ1v) is 11.5. The lowest BCUT2D eigenvalue weighted by Crippen LogP contribution is -2.27. The van der Waals surface area contributed by atoms with E-state index in [1.54, 1.807) is 0 Å². The van der Waals surface area contributed by atoms with Crippen LogP contribution in [0.3, 0.4) is 0 Å². The zero-order valence-corrected chi connectivity index (χ0v) is 20.2. The van der Waals surface area contributed by atoms with Gasteiger partial charge in [0.25, 0.3) is 0 Å². The maximum Gasteiger partial charge on any atom is 0.0762 e. The fourth-order valence-electron chi connectivity index (χ4n) is 4.48. The molecule has 1 N–H and O–H groups in total. The topological polar surface area (TPSA) is 20.2 Å². The van der Waals surface area contributed by atoms with Gasteiger partial charge in [0.05, 0.1) is 6.10 Å².